The SMILES string of the molecule is Cc1ccccc1-c1nnc(-c2ccc(C(=O)NC(C)Cn3cncn3)cc2)o1. The fourth-order valence-electron chi connectivity index (χ4n) is 2.99. The Balaban J connectivity index is 1.44. The number of aryl methyl sites for hydroxylation is 1. The molecule has 4 aromatic rings. The normalized spacial score (nSPS) is 11.9. The van der Waals surface area contributed by atoms with Crippen molar-refractivity contribution in [2.75, 3.05) is 0 Å². The van der Waals surface area contributed by atoms with Crippen LogP contribution >= 0.6 is 0 Å². The molecule has 4 rings (SSSR count). The Kier molecular flexibility index (Phi) is 5.15. The van der Waals surface area contributed by atoms with Crippen LogP contribution in [0.25, 0.3) is 22.9 Å². The first-order chi connectivity index (χ1) is 14.1. The molecule has 0 aliphatic rings. The number of benzene rings is 2. The van der Waals surface area contributed by atoms with E-state index in [0.29, 0.717) is 23.9 Å². The molecule has 0 saturated carbocycles. The van der Waals surface area contributed by atoms with Crippen LogP contribution in [-0.2, 0) is 6.54 Å². The highest BCUT2D eigenvalue weighted by atomic mass is 16.4. The molecule has 29 heavy (non-hydrogen) atoms. The molecular weight excluding hydrogens is 368 g/mol. The van der Waals surface area contributed by atoms with Crippen molar-refractivity contribution in [3.63, 3.8) is 0 Å². The Labute approximate surface area is 167 Å². The summed E-state index contributed by atoms with van der Waals surface area (Å²) in [5, 5.41) is 15.3. The first-order valence-corrected chi connectivity index (χ1v) is 9.23. The molecule has 1 atom stereocenters. The maximum Gasteiger partial charge on any atom is 0.251 e. The van der Waals surface area contributed by atoms with E-state index in [2.05, 4.69) is 25.6 Å². The van der Waals surface area contributed by atoms with E-state index in [9.17, 15) is 4.79 Å². The first kappa shape index (κ1) is 18.5. The number of hydrogen-bond donors (Lipinski definition) is 1. The van der Waals surface area contributed by atoms with Gasteiger partial charge in [-0.15, -0.1) is 10.2 Å². The molecule has 8 heteroatoms. The van der Waals surface area contributed by atoms with E-state index in [1.807, 2.05) is 38.1 Å². The molecule has 0 fully saturated rings. The minimum absolute atomic E-state index is 0.0866. The lowest BCUT2D eigenvalue weighted by Gasteiger charge is -2.13. The van der Waals surface area contributed by atoms with Gasteiger partial charge in [-0.2, -0.15) is 5.10 Å². The lowest BCUT2D eigenvalue weighted by molar-refractivity contribution is 0.0936. The second kappa shape index (κ2) is 8.05. The van der Waals surface area contributed by atoms with Gasteiger partial charge in [0.25, 0.3) is 5.91 Å². The lowest BCUT2D eigenvalue weighted by Crippen LogP contribution is -2.35. The van der Waals surface area contributed by atoms with Gasteiger partial charge in [0.1, 0.15) is 12.7 Å². The van der Waals surface area contributed by atoms with Gasteiger partial charge in [0.05, 0.1) is 6.54 Å². The van der Waals surface area contributed by atoms with Gasteiger partial charge in [0.2, 0.25) is 11.8 Å². The molecule has 1 unspecified atom stereocenters. The van der Waals surface area contributed by atoms with Crippen molar-refractivity contribution in [1.29, 1.82) is 0 Å². The van der Waals surface area contributed by atoms with Crippen molar-refractivity contribution in [3.8, 4) is 22.9 Å². The van der Waals surface area contributed by atoms with Gasteiger partial charge in [-0.25, -0.2) is 4.98 Å². The number of nitrogens with zero attached hydrogens (tertiary/aromatic N) is 5. The van der Waals surface area contributed by atoms with E-state index in [-0.39, 0.29) is 11.9 Å². The number of aromatic nitrogens is 5. The third-order valence-electron chi connectivity index (χ3n) is 4.50. The molecule has 2 heterocycles. The average molecular weight is 388 g/mol. The maximum absolute atomic E-state index is 12.5. The summed E-state index contributed by atoms with van der Waals surface area (Å²) < 4.78 is 7.50. The van der Waals surface area contributed by atoms with Crippen LogP contribution in [0.1, 0.15) is 22.8 Å². The van der Waals surface area contributed by atoms with Gasteiger partial charge < -0.3 is 9.73 Å². The van der Waals surface area contributed by atoms with Crippen LogP contribution in [0.5, 0.6) is 0 Å². The van der Waals surface area contributed by atoms with Crippen molar-refractivity contribution in [2.24, 2.45) is 0 Å². The minimum Gasteiger partial charge on any atom is -0.416 e. The van der Waals surface area contributed by atoms with Crippen molar-refractivity contribution in [2.45, 2.75) is 26.4 Å². The van der Waals surface area contributed by atoms with E-state index in [1.165, 1.54) is 6.33 Å². The Morgan fingerprint density at radius 3 is 2.59 bits per heavy atom. The fraction of sp³-hybridized carbons (Fsp3) is 0.190. The van der Waals surface area contributed by atoms with Crippen LogP contribution in [0.3, 0.4) is 0 Å². The van der Waals surface area contributed by atoms with Crippen LogP contribution in [0.2, 0.25) is 0 Å². The second-order valence-corrected chi connectivity index (χ2v) is 6.80. The first-order valence-electron chi connectivity index (χ1n) is 9.23. The van der Waals surface area contributed by atoms with Gasteiger partial charge in [-0.05, 0) is 49.7 Å². The average Bonchev–Trinajstić information content (AvgIpc) is 3.40. The maximum atomic E-state index is 12.5. The minimum atomic E-state index is -0.157. The zero-order valence-electron chi connectivity index (χ0n) is 16.1. The monoisotopic (exact) mass is 388 g/mol. The van der Waals surface area contributed by atoms with Gasteiger partial charge in [-0.3, -0.25) is 9.48 Å². The lowest BCUT2D eigenvalue weighted by atomic mass is 10.1. The zero-order chi connectivity index (χ0) is 20.2. The van der Waals surface area contributed by atoms with Gasteiger partial charge >= 0.3 is 0 Å². The summed E-state index contributed by atoms with van der Waals surface area (Å²) in [6.45, 7) is 4.46. The summed E-state index contributed by atoms with van der Waals surface area (Å²) in [5.41, 5.74) is 3.28. The van der Waals surface area contributed by atoms with E-state index >= 15 is 0 Å². The molecule has 0 bridgehead atoms. The molecular formula is C21H20N6O2. The number of carbonyl (C=O) groups is 1. The summed E-state index contributed by atoms with van der Waals surface area (Å²) in [6, 6.07) is 14.8. The zero-order valence-corrected chi connectivity index (χ0v) is 16.1. The van der Waals surface area contributed by atoms with Gasteiger partial charge in [0, 0.05) is 22.7 Å². The standard InChI is InChI=1S/C21H20N6O2/c1-14-5-3-4-6-18(14)21-26-25-20(29-21)17-9-7-16(8-10-17)19(28)24-15(2)11-27-13-22-12-23-27/h3-10,12-13,15H,11H2,1-2H3,(H,24,28). The second-order valence-electron chi connectivity index (χ2n) is 6.80. The molecule has 0 radical (unpaired) electrons. The molecule has 8 nitrogen and oxygen atoms in total. The molecule has 0 spiro atoms. The molecule has 0 aliphatic heterocycles. The summed E-state index contributed by atoms with van der Waals surface area (Å²) in [7, 11) is 0. The van der Waals surface area contributed by atoms with Crippen LogP contribution in [0, 0.1) is 6.92 Å². The summed E-state index contributed by atoms with van der Waals surface area (Å²) in [4.78, 5) is 16.3. The Morgan fingerprint density at radius 1 is 1.10 bits per heavy atom. The summed E-state index contributed by atoms with van der Waals surface area (Å²) in [6.07, 6.45) is 3.09. The van der Waals surface area contributed by atoms with Crippen LogP contribution < -0.4 is 5.32 Å². The number of nitrogens with one attached hydrogen (secondary N) is 1. The molecule has 0 aliphatic carbocycles. The van der Waals surface area contributed by atoms with Crippen molar-refractivity contribution >= 4 is 5.91 Å². The molecule has 2 aromatic carbocycles. The van der Waals surface area contributed by atoms with Crippen molar-refractivity contribution < 1.29 is 9.21 Å². The van der Waals surface area contributed by atoms with Crippen LogP contribution in [-0.4, -0.2) is 36.9 Å². The predicted octanol–water partition coefficient (Wildman–Crippen LogP) is 3.12. The van der Waals surface area contributed by atoms with E-state index < -0.39 is 0 Å². The quantitative estimate of drug-likeness (QED) is 0.545. The Morgan fingerprint density at radius 2 is 1.86 bits per heavy atom. The molecule has 2 aromatic heterocycles. The van der Waals surface area contributed by atoms with Gasteiger partial charge in [0.15, 0.2) is 0 Å². The largest absolute Gasteiger partial charge is 0.416 e. The van der Waals surface area contributed by atoms with E-state index in [0.717, 1.165) is 16.7 Å². The van der Waals surface area contributed by atoms with Crippen molar-refractivity contribution in [1.82, 2.24) is 30.3 Å². The Bertz CT molecular complexity index is 1100. The summed E-state index contributed by atoms with van der Waals surface area (Å²) in [5.74, 6) is 0.729. The number of hydrogen-bond acceptors (Lipinski definition) is 6. The smallest absolute Gasteiger partial charge is 0.251 e. The molecule has 1 N–H and O–H groups in total. The third kappa shape index (κ3) is 4.21. The number of amides is 1. The van der Waals surface area contributed by atoms with E-state index in [1.54, 1.807) is 35.3 Å². The van der Waals surface area contributed by atoms with Crippen LogP contribution in [0.15, 0.2) is 65.6 Å². The Hall–Kier alpha value is -3.81. The van der Waals surface area contributed by atoms with E-state index in [4.69, 9.17) is 4.42 Å². The molecule has 1 amide bonds. The number of carbonyl (C=O) groups excluding carboxylic acids is 1. The van der Waals surface area contributed by atoms with Crippen molar-refractivity contribution in [3.05, 3.63) is 72.3 Å². The highest BCUT2D eigenvalue weighted by Gasteiger charge is 2.14. The highest BCUT2D eigenvalue weighted by Crippen LogP contribution is 2.26. The summed E-state index contributed by atoms with van der Waals surface area (Å²) >= 11 is 0. The topological polar surface area (TPSA) is 98.7 Å². The fourth-order valence-corrected chi connectivity index (χ4v) is 2.99. The number of rotatable bonds is 6. The predicted molar refractivity (Wildman–Crippen MR) is 107 cm³/mol. The highest BCUT2D eigenvalue weighted by molar-refractivity contribution is 5.94. The molecule has 0 saturated heterocycles. The third-order valence-corrected chi connectivity index (χ3v) is 4.50. The molecule has 146 valence electrons. The van der Waals surface area contributed by atoms with Crippen LogP contribution in [0.4, 0.5) is 0 Å². The van der Waals surface area contributed by atoms with Gasteiger partial charge in [-0.1, -0.05) is 18.2 Å².